The first-order valence-corrected chi connectivity index (χ1v) is 9.05. The first-order valence-electron chi connectivity index (χ1n) is 6.31. The van der Waals surface area contributed by atoms with E-state index in [-0.39, 0.29) is 10.6 Å². The van der Waals surface area contributed by atoms with E-state index in [0.717, 1.165) is 16.9 Å². The second-order valence-electron chi connectivity index (χ2n) is 4.44. The number of carbonyl (C=O) groups is 1. The van der Waals surface area contributed by atoms with Crippen molar-refractivity contribution in [2.45, 2.75) is 23.5 Å². The standard InChI is InChI=1S/C14H14ClNO3S2/c15-12-8-6-11(7-9-12)3-1-4-13(17)16-21(18,19)14-5-2-10-20-14/h2,5-10H,1,3-4H2,(H,16,17). The molecule has 2 rings (SSSR count). The van der Waals surface area contributed by atoms with Crippen LogP contribution in [0, 0.1) is 0 Å². The maximum Gasteiger partial charge on any atom is 0.273 e. The number of carbonyl (C=O) groups excluding carboxylic acids is 1. The van der Waals surface area contributed by atoms with Gasteiger partial charge in [0.05, 0.1) is 0 Å². The molecule has 0 radical (unpaired) electrons. The highest BCUT2D eigenvalue weighted by atomic mass is 35.5. The van der Waals surface area contributed by atoms with Crippen LogP contribution in [0.4, 0.5) is 0 Å². The number of halogens is 1. The smallest absolute Gasteiger partial charge is 0.273 e. The molecule has 0 saturated heterocycles. The molecule has 0 aliphatic rings. The highest BCUT2D eigenvalue weighted by molar-refractivity contribution is 7.92. The van der Waals surface area contributed by atoms with Crippen molar-refractivity contribution in [1.82, 2.24) is 4.72 Å². The predicted molar refractivity (Wildman–Crippen MR) is 84.0 cm³/mol. The van der Waals surface area contributed by atoms with Crippen molar-refractivity contribution in [3.8, 4) is 0 Å². The molecule has 4 nitrogen and oxygen atoms in total. The number of hydrogen-bond acceptors (Lipinski definition) is 4. The fraction of sp³-hybridized carbons (Fsp3) is 0.214. The van der Waals surface area contributed by atoms with Gasteiger partial charge < -0.3 is 0 Å². The molecule has 0 saturated carbocycles. The van der Waals surface area contributed by atoms with Crippen molar-refractivity contribution in [1.29, 1.82) is 0 Å². The van der Waals surface area contributed by atoms with Gasteiger partial charge >= 0.3 is 0 Å². The van der Waals surface area contributed by atoms with Crippen molar-refractivity contribution in [2.75, 3.05) is 0 Å². The van der Waals surface area contributed by atoms with Crippen LogP contribution in [0.25, 0.3) is 0 Å². The topological polar surface area (TPSA) is 63.2 Å². The number of rotatable bonds is 6. The Bertz CT molecular complexity index is 694. The van der Waals surface area contributed by atoms with Gasteiger partial charge in [-0.2, -0.15) is 0 Å². The lowest BCUT2D eigenvalue weighted by Gasteiger charge is -2.05. The van der Waals surface area contributed by atoms with Gasteiger partial charge in [-0.05, 0) is 42.0 Å². The zero-order chi connectivity index (χ0) is 15.3. The first kappa shape index (κ1) is 16.0. The van der Waals surface area contributed by atoms with Crippen molar-refractivity contribution >= 4 is 38.9 Å². The molecule has 112 valence electrons. The molecule has 0 unspecified atom stereocenters. The summed E-state index contributed by atoms with van der Waals surface area (Å²) in [5, 5.41) is 2.32. The molecule has 7 heteroatoms. The number of nitrogens with one attached hydrogen (secondary N) is 1. The lowest BCUT2D eigenvalue weighted by atomic mass is 10.1. The lowest BCUT2D eigenvalue weighted by molar-refractivity contribution is -0.119. The van der Waals surface area contributed by atoms with Gasteiger partial charge in [-0.1, -0.05) is 29.8 Å². The summed E-state index contributed by atoms with van der Waals surface area (Å²) in [6.07, 6.45) is 1.43. The number of thiophene rings is 1. The van der Waals surface area contributed by atoms with Gasteiger partial charge in [0.1, 0.15) is 4.21 Å². The highest BCUT2D eigenvalue weighted by Gasteiger charge is 2.17. The Morgan fingerprint density at radius 2 is 1.90 bits per heavy atom. The molecule has 1 heterocycles. The molecule has 0 bridgehead atoms. The van der Waals surface area contributed by atoms with E-state index in [1.807, 2.05) is 12.1 Å². The van der Waals surface area contributed by atoms with Gasteiger partial charge in [-0.25, -0.2) is 13.1 Å². The van der Waals surface area contributed by atoms with Gasteiger partial charge in [-0.15, -0.1) is 11.3 Å². The monoisotopic (exact) mass is 343 g/mol. The van der Waals surface area contributed by atoms with Crippen molar-refractivity contribution in [3.05, 3.63) is 52.4 Å². The van der Waals surface area contributed by atoms with Gasteiger partial charge in [0.2, 0.25) is 5.91 Å². The van der Waals surface area contributed by atoms with Crippen LogP contribution in [0.2, 0.25) is 5.02 Å². The number of benzene rings is 1. The van der Waals surface area contributed by atoms with E-state index in [4.69, 9.17) is 11.6 Å². The summed E-state index contributed by atoms with van der Waals surface area (Å²) in [7, 11) is -3.72. The molecule has 1 amide bonds. The quantitative estimate of drug-likeness (QED) is 0.875. The number of hydrogen-bond donors (Lipinski definition) is 1. The maximum atomic E-state index is 11.8. The maximum absolute atomic E-state index is 11.8. The number of aryl methyl sites for hydroxylation is 1. The molecule has 0 fully saturated rings. The van der Waals surface area contributed by atoms with Crippen LogP contribution in [0.3, 0.4) is 0 Å². The van der Waals surface area contributed by atoms with E-state index in [9.17, 15) is 13.2 Å². The summed E-state index contributed by atoms with van der Waals surface area (Å²) in [4.78, 5) is 11.7. The molecule has 2 aromatic rings. The average molecular weight is 344 g/mol. The van der Waals surface area contributed by atoms with Crippen LogP contribution in [0.15, 0.2) is 46.0 Å². The fourth-order valence-corrected chi connectivity index (χ4v) is 3.90. The molecular formula is C14H14ClNO3S2. The van der Waals surface area contributed by atoms with Crippen LogP contribution in [-0.4, -0.2) is 14.3 Å². The third kappa shape index (κ3) is 4.84. The summed E-state index contributed by atoms with van der Waals surface area (Å²) < 4.78 is 25.9. The largest absolute Gasteiger partial charge is 0.274 e. The number of amides is 1. The van der Waals surface area contributed by atoms with E-state index >= 15 is 0 Å². The fourth-order valence-electron chi connectivity index (χ4n) is 1.77. The van der Waals surface area contributed by atoms with Crippen LogP contribution in [0.1, 0.15) is 18.4 Å². The van der Waals surface area contributed by atoms with E-state index in [1.54, 1.807) is 23.6 Å². The Morgan fingerprint density at radius 1 is 1.19 bits per heavy atom. The van der Waals surface area contributed by atoms with Gasteiger partial charge in [0.15, 0.2) is 0 Å². The molecule has 0 spiro atoms. The minimum Gasteiger partial charge on any atom is -0.274 e. The summed E-state index contributed by atoms with van der Waals surface area (Å²) >= 11 is 6.87. The lowest BCUT2D eigenvalue weighted by Crippen LogP contribution is -2.29. The summed E-state index contributed by atoms with van der Waals surface area (Å²) in [6, 6.07) is 10.5. The SMILES string of the molecule is O=C(CCCc1ccc(Cl)cc1)NS(=O)(=O)c1cccs1. The zero-order valence-corrected chi connectivity index (χ0v) is 13.5. The third-order valence-corrected chi connectivity index (χ3v) is 5.81. The third-order valence-electron chi connectivity index (χ3n) is 2.79. The van der Waals surface area contributed by atoms with Gasteiger partial charge in [0.25, 0.3) is 10.0 Å². The molecule has 0 aliphatic heterocycles. The highest BCUT2D eigenvalue weighted by Crippen LogP contribution is 2.16. The van der Waals surface area contributed by atoms with Crippen molar-refractivity contribution in [2.24, 2.45) is 0 Å². The van der Waals surface area contributed by atoms with Gasteiger partial charge in [-0.3, -0.25) is 4.79 Å². The first-order chi connectivity index (χ1) is 9.97. The molecule has 0 aliphatic carbocycles. The van der Waals surface area contributed by atoms with Crippen molar-refractivity contribution < 1.29 is 13.2 Å². The van der Waals surface area contributed by atoms with Crippen LogP contribution in [0.5, 0.6) is 0 Å². The second kappa shape index (κ2) is 7.06. The molecule has 1 aromatic heterocycles. The van der Waals surface area contributed by atoms with Crippen LogP contribution < -0.4 is 4.72 Å². The predicted octanol–water partition coefficient (Wildman–Crippen LogP) is 3.23. The molecule has 21 heavy (non-hydrogen) atoms. The molecule has 1 aromatic carbocycles. The van der Waals surface area contributed by atoms with E-state index < -0.39 is 15.9 Å². The Kier molecular flexibility index (Phi) is 5.39. The molecular weight excluding hydrogens is 330 g/mol. The second-order valence-corrected chi connectivity index (χ2v) is 7.73. The molecule has 1 N–H and O–H groups in total. The number of sulfonamides is 1. The van der Waals surface area contributed by atoms with E-state index in [2.05, 4.69) is 4.72 Å². The average Bonchev–Trinajstić information content (AvgIpc) is 2.95. The summed E-state index contributed by atoms with van der Waals surface area (Å²) in [5.74, 6) is -0.489. The summed E-state index contributed by atoms with van der Waals surface area (Å²) in [5.41, 5.74) is 1.06. The Labute approximate surface area is 132 Å². The normalized spacial score (nSPS) is 11.3. The Morgan fingerprint density at radius 3 is 2.52 bits per heavy atom. The van der Waals surface area contributed by atoms with Crippen LogP contribution >= 0.6 is 22.9 Å². The Balaban J connectivity index is 1.81. The minimum atomic E-state index is -3.72. The van der Waals surface area contributed by atoms with Crippen LogP contribution in [-0.2, 0) is 21.2 Å². The summed E-state index contributed by atoms with van der Waals surface area (Å²) in [6.45, 7) is 0. The zero-order valence-electron chi connectivity index (χ0n) is 11.1. The minimum absolute atomic E-state index is 0.147. The van der Waals surface area contributed by atoms with E-state index in [0.29, 0.717) is 17.9 Å². The Hall–Kier alpha value is -1.37. The van der Waals surface area contributed by atoms with Gasteiger partial charge in [0, 0.05) is 11.4 Å². The van der Waals surface area contributed by atoms with E-state index in [1.165, 1.54) is 6.07 Å². The molecule has 0 atom stereocenters. The van der Waals surface area contributed by atoms with Crippen molar-refractivity contribution in [3.63, 3.8) is 0 Å².